The summed E-state index contributed by atoms with van der Waals surface area (Å²) in [4.78, 5) is 13.0. The van der Waals surface area contributed by atoms with Gasteiger partial charge in [-0.25, -0.2) is 0 Å². The minimum atomic E-state index is 0.0287. The lowest BCUT2D eigenvalue weighted by Gasteiger charge is -2.24. The zero-order valence-corrected chi connectivity index (χ0v) is 20.7. The molecule has 0 spiro atoms. The lowest BCUT2D eigenvalue weighted by molar-refractivity contribution is 0.0938. The van der Waals surface area contributed by atoms with E-state index in [2.05, 4.69) is 55.8 Å². The Morgan fingerprint density at radius 2 is 1.84 bits per heavy atom. The molecule has 0 saturated heterocycles. The molecule has 2 aromatic rings. The average molecular weight is 427 g/mol. The number of amides is 1. The molecule has 1 atom stereocenters. The Kier molecular flexibility index (Phi) is 9.67. The molecule has 1 aliphatic rings. The standard InChI is InChI=1S/C25H36N2O2.C2H6/c1-6-18(3)26-25(28)23-15-24(22-14-21(29-5)13-12-17(22)2)27(19(23)4)16-20-10-8-7-9-11-20;1-2/h12-15,18,20H,6-11,16H2,1-5H3,(H,26,28);1-2H3. The van der Waals surface area contributed by atoms with Crippen LogP contribution in [0.3, 0.4) is 0 Å². The molecule has 0 aliphatic heterocycles. The molecule has 31 heavy (non-hydrogen) atoms. The van der Waals surface area contributed by atoms with Crippen LogP contribution in [0.4, 0.5) is 0 Å². The third kappa shape index (κ3) is 6.15. The third-order valence-corrected chi connectivity index (χ3v) is 6.49. The summed E-state index contributed by atoms with van der Waals surface area (Å²) in [5, 5.41) is 3.14. The van der Waals surface area contributed by atoms with E-state index in [0.29, 0.717) is 5.92 Å². The van der Waals surface area contributed by atoms with Crippen molar-refractivity contribution in [3.63, 3.8) is 0 Å². The van der Waals surface area contributed by atoms with E-state index in [1.165, 1.54) is 37.7 Å². The van der Waals surface area contributed by atoms with Crippen molar-refractivity contribution >= 4 is 5.91 Å². The number of benzene rings is 1. The molecule has 0 radical (unpaired) electrons. The highest BCUT2D eigenvalue weighted by Gasteiger charge is 2.23. The Morgan fingerprint density at radius 1 is 1.16 bits per heavy atom. The van der Waals surface area contributed by atoms with Gasteiger partial charge in [0.15, 0.2) is 0 Å². The highest BCUT2D eigenvalue weighted by molar-refractivity contribution is 5.97. The fourth-order valence-electron chi connectivity index (χ4n) is 4.37. The van der Waals surface area contributed by atoms with Crippen LogP contribution < -0.4 is 10.1 Å². The lowest BCUT2D eigenvalue weighted by Crippen LogP contribution is -2.32. The number of hydrogen-bond donors (Lipinski definition) is 1. The summed E-state index contributed by atoms with van der Waals surface area (Å²) in [6.07, 6.45) is 7.48. The number of aryl methyl sites for hydroxylation is 1. The molecule has 0 bridgehead atoms. The maximum Gasteiger partial charge on any atom is 0.253 e. The van der Waals surface area contributed by atoms with Crippen molar-refractivity contribution < 1.29 is 9.53 Å². The van der Waals surface area contributed by atoms with Crippen molar-refractivity contribution in [2.45, 2.75) is 92.7 Å². The van der Waals surface area contributed by atoms with Gasteiger partial charge in [-0.2, -0.15) is 0 Å². The van der Waals surface area contributed by atoms with Gasteiger partial charge in [0.2, 0.25) is 0 Å². The number of rotatable bonds is 7. The van der Waals surface area contributed by atoms with E-state index in [9.17, 15) is 4.79 Å². The van der Waals surface area contributed by atoms with Crippen LogP contribution in [0, 0.1) is 19.8 Å². The van der Waals surface area contributed by atoms with Crippen molar-refractivity contribution in [3.05, 3.63) is 41.1 Å². The second-order valence-electron chi connectivity index (χ2n) is 8.61. The lowest BCUT2D eigenvalue weighted by atomic mass is 9.89. The first kappa shape index (κ1) is 25.0. The highest BCUT2D eigenvalue weighted by atomic mass is 16.5. The SMILES string of the molecule is CC.CCC(C)NC(=O)c1cc(-c2cc(OC)ccc2C)n(CC2CCCCC2)c1C. The van der Waals surface area contributed by atoms with Crippen molar-refractivity contribution in [1.82, 2.24) is 9.88 Å². The van der Waals surface area contributed by atoms with Crippen LogP contribution in [0.25, 0.3) is 11.3 Å². The second kappa shape index (κ2) is 12.0. The van der Waals surface area contributed by atoms with E-state index in [4.69, 9.17) is 4.74 Å². The number of nitrogens with zero attached hydrogens (tertiary/aromatic N) is 1. The van der Waals surface area contributed by atoms with Gasteiger partial charge in [0.05, 0.1) is 12.7 Å². The van der Waals surface area contributed by atoms with Gasteiger partial charge >= 0.3 is 0 Å². The van der Waals surface area contributed by atoms with Gasteiger partial charge in [0.1, 0.15) is 5.75 Å². The molecule has 1 saturated carbocycles. The van der Waals surface area contributed by atoms with Crippen molar-refractivity contribution in [1.29, 1.82) is 0 Å². The van der Waals surface area contributed by atoms with Crippen LogP contribution in [-0.2, 0) is 6.54 Å². The Labute approximate surface area is 189 Å². The largest absolute Gasteiger partial charge is 0.497 e. The van der Waals surface area contributed by atoms with Gasteiger partial charge in [0, 0.05) is 29.5 Å². The zero-order chi connectivity index (χ0) is 23.0. The number of methoxy groups -OCH3 is 1. The predicted octanol–water partition coefficient (Wildman–Crippen LogP) is 6.92. The first-order chi connectivity index (χ1) is 14.9. The summed E-state index contributed by atoms with van der Waals surface area (Å²) in [6.45, 7) is 13.3. The van der Waals surface area contributed by atoms with E-state index in [0.717, 1.165) is 41.2 Å². The van der Waals surface area contributed by atoms with Crippen LogP contribution in [0.15, 0.2) is 24.3 Å². The molecular formula is C27H42N2O2. The number of carbonyl (C=O) groups excluding carboxylic acids is 1. The predicted molar refractivity (Wildman–Crippen MR) is 131 cm³/mol. The number of aromatic nitrogens is 1. The van der Waals surface area contributed by atoms with Crippen molar-refractivity contribution in [2.24, 2.45) is 5.92 Å². The van der Waals surface area contributed by atoms with Crippen LogP contribution in [-0.4, -0.2) is 23.6 Å². The Hall–Kier alpha value is -2.23. The van der Waals surface area contributed by atoms with Crippen LogP contribution >= 0.6 is 0 Å². The summed E-state index contributed by atoms with van der Waals surface area (Å²) in [5.74, 6) is 1.56. The van der Waals surface area contributed by atoms with Crippen LogP contribution in [0.5, 0.6) is 5.75 Å². The number of carbonyl (C=O) groups is 1. The molecule has 1 unspecified atom stereocenters. The maximum atomic E-state index is 13.0. The summed E-state index contributed by atoms with van der Waals surface area (Å²) in [5.41, 5.74) is 5.32. The van der Waals surface area contributed by atoms with E-state index in [1.54, 1.807) is 7.11 Å². The van der Waals surface area contributed by atoms with Crippen LogP contribution in [0.1, 0.15) is 87.8 Å². The first-order valence-corrected chi connectivity index (χ1v) is 12.1. The normalized spacial score (nSPS) is 15.1. The van der Waals surface area contributed by atoms with E-state index < -0.39 is 0 Å². The molecule has 1 N–H and O–H groups in total. The highest BCUT2D eigenvalue weighted by Crippen LogP contribution is 2.34. The van der Waals surface area contributed by atoms with Gasteiger partial charge in [0.25, 0.3) is 5.91 Å². The van der Waals surface area contributed by atoms with Gasteiger partial charge in [-0.15, -0.1) is 0 Å². The van der Waals surface area contributed by atoms with E-state index >= 15 is 0 Å². The molecule has 1 heterocycles. The molecule has 1 aromatic heterocycles. The van der Waals surface area contributed by atoms with Gasteiger partial charge in [-0.1, -0.05) is 46.1 Å². The molecule has 172 valence electrons. The number of ether oxygens (including phenoxy) is 1. The number of hydrogen-bond acceptors (Lipinski definition) is 2. The quantitative estimate of drug-likeness (QED) is 0.522. The van der Waals surface area contributed by atoms with E-state index in [-0.39, 0.29) is 11.9 Å². The molecule has 4 heteroatoms. The fourth-order valence-corrected chi connectivity index (χ4v) is 4.37. The molecule has 3 rings (SSSR count). The Bertz CT molecular complexity index is 847. The summed E-state index contributed by atoms with van der Waals surface area (Å²) < 4.78 is 7.86. The number of nitrogens with one attached hydrogen (secondary N) is 1. The smallest absolute Gasteiger partial charge is 0.253 e. The Balaban J connectivity index is 0.00000166. The molecule has 1 aromatic carbocycles. The monoisotopic (exact) mass is 426 g/mol. The summed E-state index contributed by atoms with van der Waals surface area (Å²) >= 11 is 0. The van der Waals surface area contributed by atoms with Crippen LogP contribution in [0.2, 0.25) is 0 Å². The summed E-state index contributed by atoms with van der Waals surface area (Å²) in [6, 6.07) is 8.44. The topological polar surface area (TPSA) is 43.3 Å². The van der Waals surface area contributed by atoms with Crippen molar-refractivity contribution in [2.75, 3.05) is 7.11 Å². The third-order valence-electron chi connectivity index (χ3n) is 6.49. The zero-order valence-electron chi connectivity index (χ0n) is 20.7. The van der Waals surface area contributed by atoms with Gasteiger partial charge < -0.3 is 14.6 Å². The second-order valence-corrected chi connectivity index (χ2v) is 8.61. The molecule has 1 amide bonds. The summed E-state index contributed by atoms with van der Waals surface area (Å²) in [7, 11) is 1.70. The minimum absolute atomic E-state index is 0.0287. The average Bonchev–Trinajstić information content (AvgIpc) is 3.12. The molecular weight excluding hydrogens is 384 g/mol. The van der Waals surface area contributed by atoms with E-state index in [1.807, 2.05) is 19.9 Å². The Morgan fingerprint density at radius 3 is 2.45 bits per heavy atom. The fraction of sp³-hybridized carbons (Fsp3) is 0.593. The van der Waals surface area contributed by atoms with Crippen molar-refractivity contribution in [3.8, 4) is 17.0 Å². The molecule has 1 aliphatic carbocycles. The maximum absolute atomic E-state index is 13.0. The van der Waals surface area contributed by atoms with Gasteiger partial charge in [-0.3, -0.25) is 4.79 Å². The van der Waals surface area contributed by atoms with Gasteiger partial charge in [-0.05, 0) is 69.7 Å². The first-order valence-electron chi connectivity index (χ1n) is 12.1. The minimum Gasteiger partial charge on any atom is -0.497 e. The molecule has 4 nitrogen and oxygen atoms in total. The molecule has 1 fully saturated rings.